The van der Waals surface area contributed by atoms with Crippen LogP contribution in [0.5, 0.6) is 0 Å². The minimum absolute atomic E-state index is 0. The van der Waals surface area contributed by atoms with Crippen molar-refractivity contribution in [2.75, 3.05) is 20.1 Å². The molecule has 3 aromatic heterocycles. The van der Waals surface area contributed by atoms with Crippen molar-refractivity contribution >= 4 is 35.6 Å². The van der Waals surface area contributed by atoms with E-state index in [0.29, 0.717) is 0 Å². The highest BCUT2D eigenvalue weighted by Gasteiger charge is 2.02. The fourth-order valence-electron chi connectivity index (χ4n) is 2.46. The smallest absolute Gasteiger partial charge is 0.191 e. The first-order valence-corrected chi connectivity index (χ1v) is 7.83. The lowest BCUT2D eigenvalue weighted by atomic mass is 10.3. The van der Waals surface area contributed by atoms with Crippen LogP contribution in [-0.2, 0) is 13.0 Å². The molecular formula is C17H23IN6. The molecule has 0 aliphatic heterocycles. The Balaban J connectivity index is 0.00000208. The van der Waals surface area contributed by atoms with Crippen molar-refractivity contribution < 1.29 is 0 Å². The third kappa shape index (κ3) is 4.98. The lowest BCUT2D eigenvalue weighted by Gasteiger charge is -2.11. The van der Waals surface area contributed by atoms with E-state index in [9.17, 15) is 0 Å². The van der Waals surface area contributed by atoms with Gasteiger partial charge >= 0.3 is 0 Å². The zero-order valence-electron chi connectivity index (χ0n) is 13.7. The zero-order valence-corrected chi connectivity index (χ0v) is 16.1. The van der Waals surface area contributed by atoms with Gasteiger partial charge in [-0.2, -0.15) is 0 Å². The average Bonchev–Trinajstić information content (AvgIpc) is 3.22. The fraction of sp³-hybridized carbons (Fsp3) is 0.294. The van der Waals surface area contributed by atoms with Gasteiger partial charge in [-0.1, -0.05) is 6.07 Å². The van der Waals surface area contributed by atoms with E-state index in [0.717, 1.165) is 43.4 Å². The molecule has 0 atom stereocenters. The minimum atomic E-state index is 0. The van der Waals surface area contributed by atoms with Crippen LogP contribution in [-0.4, -0.2) is 40.0 Å². The Morgan fingerprint density at radius 2 is 1.83 bits per heavy atom. The summed E-state index contributed by atoms with van der Waals surface area (Å²) in [5.74, 6) is 0.820. The second kappa shape index (κ2) is 9.31. The molecule has 0 spiro atoms. The van der Waals surface area contributed by atoms with Gasteiger partial charge in [-0.3, -0.25) is 4.99 Å². The molecule has 0 radical (unpaired) electrons. The topological polar surface area (TPSA) is 58.6 Å². The number of aliphatic imine (C=N–C) groups is 1. The van der Waals surface area contributed by atoms with E-state index in [1.807, 2.05) is 40.9 Å². The lowest BCUT2D eigenvalue weighted by Crippen LogP contribution is -2.39. The molecule has 128 valence electrons. The summed E-state index contributed by atoms with van der Waals surface area (Å²) in [6, 6.07) is 10.1. The Morgan fingerprint density at radius 1 is 1.08 bits per heavy atom. The van der Waals surface area contributed by atoms with E-state index in [2.05, 4.69) is 43.8 Å². The Hall–Kier alpha value is -2.03. The van der Waals surface area contributed by atoms with Crippen LogP contribution in [0.25, 0.3) is 5.65 Å². The first kappa shape index (κ1) is 18.3. The molecule has 0 aromatic carbocycles. The summed E-state index contributed by atoms with van der Waals surface area (Å²) >= 11 is 0. The summed E-state index contributed by atoms with van der Waals surface area (Å²) < 4.78 is 4.18. The van der Waals surface area contributed by atoms with Crippen molar-refractivity contribution in [1.82, 2.24) is 24.6 Å². The number of hydrogen-bond donors (Lipinski definition) is 2. The number of halogens is 1. The number of nitrogens with one attached hydrogen (secondary N) is 2. The van der Waals surface area contributed by atoms with Crippen molar-refractivity contribution in [2.45, 2.75) is 13.0 Å². The number of rotatable bonds is 6. The van der Waals surface area contributed by atoms with Gasteiger partial charge < -0.3 is 19.6 Å². The maximum Gasteiger partial charge on any atom is 0.191 e. The summed E-state index contributed by atoms with van der Waals surface area (Å²) in [4.78, 5) is 8.83. The molecular weight excluding hydrogens is 415 g/mol. The molecule has 0 bridgehead atoms. The number of guanidine groups is 1. The molecule has 3 aromatic rings. The summed E-state index contributed by atoms with van der Waals surface area (Å²) in [6.45, 7) is 2.55. The van der Waals surface area contributed by atoms with E-state index in [4.69, 9.17) is 0 Å². The zero-order chi connectivity index (χ0) is 15.9. The van der Waals surface area contributed by atoms with Crippen LogP contribution < -0.4 is 10.6 Å². The first-order chi connectivity index (χ1) is 11.3. The van der Waals surface area contributed by atoms with Gasteiger partial charge in [0.25, 0.3) is 0 Å². The highest BCUT2D eigenvalue weighted by atomic mass is 127. The molecule has 0 saturated carbocycles. The van der Waals surface area contributed by atoms with Gasteiger partial charge in [0, 0.05) is 57.9 Å². The van der Waals surface area contributed by atoms with E-state index >= 15 is 0 Å². The second-order valence-electron chi connectivity index (χ2n) is 5.29. The quantitative estimate of drug-likeness (QED) is 0.353. The maximum absolute atomic E-state index is 4.59. The van der Waals surface area contributed by atoms with Crippen LogP contribution in [0.2, 0.25) is 0 Å². The fourth-order valence-corrected chi connectivity index (χ4v) is 2.46. The van der Waals surface area contributed by atoms with Gasteiger partial charge in [-0.25, -0.2) is 4.98 Å². The number of hydrogen-bond acceptors (Lipinski definition) is 2. The normalized spacial score (nSPS) is 11.3. The molecule has 0 aliphatic rings. The van der Waals surface area contributed by atoms with Gasteiger partial charge in [-0.15, -0.1) is 24.0 Å². The molecule has 0 saturated heterocycles. The van der Waals surface area contributed by atoms with Gasteiger partial charge in [0.1, 0.15) is 5.65 Å². The number of nitrogens with zero attached hydrogens (tertiary/aromatic N) is 4. The van der Waals surface area contributed by atoms with Gasteiger partial charge in [0.2, 0.25) is 0 Å². The summed E-state index contributed by atoms with van der Waals surface area (Å²) in [5, 5.41) is 6.64. The van der Waals surface area contributed by atoms with Crippen LogP contribution in [0.4, 0.5) is 0 Å². The summed E-state index contributed by atoms with van der Waals surface area (Å²) in [5.41, 5.74) is 2.06. The molecule has 24 heavy (non-hydrogen) atoms. The Kier molecular flexibility index (Phi) is 7.10. The van der Waals surface area contributed by atoms with Crippen LogP contribution in [0.3, 0.4) is 0 Å². The number of imidazole rings is 1. The third-order valence-electron chi connectivity index (χ3n) is 3.64. The molecule has 0 unspecified atom stereocenters. The predicted octanol–water partition coefficient (Wildman–Crippen LogP) is 2.16. The van der Waals surface area contributed by atoms with Gasteiger partial charge in [-0.05, 0) is 24.3 Å². The highest BCUT2D eigenvalue weighted by Crippen LogP contribution is 2.04. The number of pyridine rings is 1. The van der Waals surface area contributed by atoms with Crippen molar-refractivity contribution in [1.29, 1.82) is 0 Å². The predicted molar refractivity (Wildman–Crippen MR) is 108 cm³/mol. The molecule has 3 heterocycles. The minimum Gasteiger partial charge on any atom is -0.356 e. The summed E-state index contributed by atoms with van der Waals surface area (Å²) in [6.07, 6.45) is 9.06. The maximum atomic E-state index is 4.59. The first-order valence-electron chi connectivity index (χ1n) is 7.83. The van der Waals surface area contributed by atoms with Crippen LogP contribution >= 0.6 is 24.0 Å². The van der Waals surface area contributed by atoms with Gasteiger partial charge in [0.15, 0.2) is 5.96 Å². The van der Waals surface area contributed by atoms with Crippen molar-refractivity contribution in [2.24, 2.45) is 4.99 Å². The van der Waals surface area contributed by atoms with Crippen LogP contribution in [0, 0.1) is 0 Å². The number of fused-ring (bicyclic) bond motifs is 1. The molecule has 0 fully saturated rings. The Morgan fingerprint density at radius 3 is 2.58 bits per heavy atom. The van der Waals surface area contributed by atoms with Crippen LogP contribution in [0.1, 0.15) is 5.69 Å². The van der Waals surface area contributed by atoms with E-state index < -0.39 is 0 Å². The average molecular weight is 438 g/mol. The van der Waals surface area contributed by atoms with Gasteiger partial charge in [0.05, 0.1) is 5.69 Å². The van der Waals surface area contributed by atoms with E-state index in [-0.39, 0.29) is 24.0 Å². The monoisotopic (exact) mass is 438 g/mol. The Labute approximate surface area is 159 Å². The third-order valence-corrected chi connectivity index (χ3v) is 3.64. The van der Waals surface area contributed by atoms with E-state index in [1.54, 1.807) is 7.05 Å². The van der Waals surface area contributed by atoms with Crippen molar-refractivity contribution in [3.05, 3.63) is 60.8 Å². The summed E-state index contributed by atoms with van der Waals surface area (Å²) in [7, 11) is 1.79. The molecule has 0 aliphatic carbocycles. The van der Waals surface area contributed by atoms with Crippen LogP contribution in [0.15, 0.2) is 60.1 Å². The highest BCUT2D eigenvalue weighted by molar-refractivity contribution is 14.0. The van der Waals surface area contributed by atoms with Crippen molar-refractivity contribution in [3.63, 3.8) is 0 Å². The molecule has 2 N–H and O–H groups in total. The standard InChI is InChI=1S/C17H22N6.HI/c1-18-17(20-9-13-22-10-4-5-11-22)19-8-7-15-14-23-12-3-2-6-16(23)21-15;/h2-6,10-12,14H,7-9,13H2,1H3,(H2,18,19,20);1H. The molecule has 3 rings (SSSR count). The Bertz CT molecular complexity index is 729. The van der Waals surface area contributed by atoms with E-state index in [1.165, 1.54) is 0 Å². The SMILES string of the molecule is CN=C(NCCc1cn2ccccc2n1)NCCn1cccc1.I. The second-order valence-corrected chi connectivity index (χ2v) is 5.29. The molecule has 6 nitrogen and oxygen atoms in total. The number of aromatic nitrogens is 3. The lowest BCUT2D eigenvalue weighted by molar-refractivity contribution is 0.664. The largest absolute Gasteiger partial charge is 0.356 e. The van der Waals surface area contributed by atoms with Crippen molar-refractivity contribution in [3.8, 4) is 0 Å². The molecule has 7 heteroatoms. The molecule has 0 amide bonds.